The summed E-state index contributed by atoms with van der Waals surface area (Å²) in [5.41, 5.74) is -0.503. The summed E-state index contributed by atoms with van der Waals surface area (Å²) < 4.78 is 0. The van der Waals surface area contributed by atoms with Crippen molar-refractivity contribution in [1.82, 2.24) is 5.32 Å². The molecule has 0 aromatic heterocycles. The van der Waals surface area contributed by atoms with Gasteiger partial charge in [-0.15, -0.1) is 6.42 Å². The van der Waals surface area contributed by atoms with Gasteiger partial charge in [0, 0.05) is 10.7 Å². The number of amides is 2. The number of nitrogens with one attached hydrogen (secondary N) is 1. The van der Waals surface area contributed by atoms with E-state index in [0.717, 1.165) is 4.90 Å². The number of benzene rings is 1. The third-order valence-electron chi connectivity index (χ3n) is 2.44. The van der Waals surface area contributed by atoms with E-state index in [4.69, 9.17) is 23.1 Å². The van der Waals surface area contributed by atoms with E-state index in [1.54, 1.807) is 32.0 Å². The Bertz CT molecular complexity index is 564. The molecule has 0 spiro atoms. The number of carbonyl (C=O) groups excluding carboxylic acids is 1. The van der Waals surface area contributed by atoms with Crippen LogP contribution in [0.5, 0.6) is 0 Å². The zero-order valence-corrected chi connectivity index (χ0v) is 11.9. The second-order valence-electron chi connectivity index (χ2n) is 4.66. The molecule has 106 valence electrons. The van der Waals surface area contributed by atoms with Gasteiger partial charge in [0.1, 0.15) is 6.54 Å². The van der Waals surface area contributed by atoms with Crippen LogP contribution in [0.15, 0.2) is 24.3 Å². The molecule has 6 heteroatoms. The number of carboxylic acid groups (broad SMARTS) is 1. The lowest BCUT2D eigenvalue weighted by molar-refractivity contribution is -0.135. The van der Waals surface area contributed by atoms with E-state index < -0.39 is 24.1 Å². The maximum absolute atomic E-state index is 12.2. The Morgan fingerprint density at radius 2 is 2.15 bits per heavy atom. The number of carboxylic acids is 1. The molecule has 0 saturated carbocycles. The number of rotatable bonds is 4. The van der Waals surface area contributed by atoms with Crippen LogP contribution in [0.3, 0.4) is 0 Å². The Labute approximate surface area is 122 Å². The molecule has 1 aromatic carbocycles. The Hall–Kier alpha value is -2.19. The van der Waals surface area contributed by atoms with Gasteiger partial charge in [-0.2, -0.15) is 0 Å². The molecule has 0 unspecified atom stereocenters. The van der Waals surface area contributed by atoms with E-state index in [-0.39, 0.29) is 0 Å². The number of halogens is 1. The third kappa shape index (κ3) is 4.48. The molecule has 0 fully saturated rings. The van der Waals surface area contributed by atoms with Gasteiger partial charge < -0.3 is 10.4 Å². The second kappa shape index (κ2) is 6.31. The van der Waals surface area contributed by atoms with Crippen LogP contribution < -0.4 is 10.2 Å². The Morgan fingerprint density at radius 3 is 2.65 bits per heavy atom. The number of hydrogen-bond acceptors (Lipinski definition) is 2. The molecule has 0 aliphatic carbocycles. The fourth-order valence-electron chi connectivity index (χ4n) is 1.43. The standard InChI is InChI=1S/C14H15ClN2O3/c1-4-14(2,3)16-13(20)17(9-12(18)19)11-7-5-6-10(15)8-11/h1,5-8H,9H2,2-3H3,(H,16,20)(H,18,19). The highest BCUT2D eigenvalue weighted by atomic mass is 35.5. The minimum absolute atomic E-state index is 0.380. The first-order valence-electron chi connectivity index (χ1n) is 5.80. The van der Waals surface area contributed by atoms with Crippen molar-refractivity contribution >= 4 is 29.3 Å². The summed E-state index contributed by atoms with van der Waals surface area (Å²) in [6.45, 7) is 2.79. The lowest BCUT2D eigenvalue weighted by Gasteiger charge is -2.27. The molecular weight excluding hydrogens is 280 g/mol. The van der Waals surface area contributed by atoms with Crippen LogP contribution in [0.4, 0.5) is 10.5 Å². The number of carbonyl (C=O) groups is 2. The van der Waals surface area contributed by atoms with Crippen LogP contribution in [0.25, 0.3) is 0 Å². The number of anilines is 1. The minimum atomic E-state index is -1.14. The molecule has 0 saturated heterocycles. The lowest BCUT2D eigenvalue weighted by atomic mass is 10.1. The topological polar surface area (TPSA) is 69.6 Å². The summed E-state index contributed by atoms with van der Waals surface area (Å²) in [7, 11) is 0. The molecule has 2 N–H and O–H groups in total. The molecule has 1 aromatic rings. The van der Waals surface area contributed by atoms with Gasteiger partial charge >= 0.3 is 12.0 Å². The molecule has 5 nitrogen and oxygen atoms in total. The maximum Gasteiger partial charge on any atom is 0.323 e. The van der Waals surface area contributed by atoms with Gasteiger partial charge in [0.05, 0.1) is 5.54 Å². The summed E-state index contributed by atoms with van der Waals surface area (Å²) >= 11 is 5.85. The molecule has 0 aliphatic heterocycles. The highest BCUT2D eigenvalue weighted by Gasteiger charge is 2.24. The smallest absolute Gasteiger partial charge is 0.323 e. The normalized spacial score (nSPS) is 10.5. The summed E-state index contributed by atoms with van der Waals surface area (Å²) in [4.78, 5) is 24.2. The molecule has 2 amide bonds. The van der Waals surface area contributed by atoms with Crippen molar-refractivity contribution in [3.63, 3.8) is 0 Å². The average molecular weight is 295 g/mol. The number of terminal acetylenes is 1. The van der Waals surface area contributed by atoms with Crippen molar-refractivity contribution in [3.8, 4) is 12.3 Å². The zero-order valence-electron chi connectivity index (χ0n) is 11.2. The van der Waals surface area contributed by atoms with Gasteiger partial charge in [0.2, 0.25) is 0 Å². The molecule has 0 radical (unpaired) electrons. The highest BCUT2D eigenvalue weighted by molar-refractivity contribution is 6.30. The van der Waals surface area contributed by atoms with Crippen LogP contribution in [-0.2, 0) is 4.79 Å². The first-order valence-corrected chi connectivity index (χ1v) is 6.18. The number of hydrogen-bond donors (Lipinski definition) is 2. The number of nitrogens with zero attached hydrogens (tertiary/aromatic N) is 1. The van der Waals surface area contributed by atoms with Crippen molar-refractivity contribution < 1.29 is 14.7 Å². The third-order valence-corrected chi connectivity index (χ3v) is 2.67. The lowest BCUT2D eigenvalue weighted by Crippen LogP contribution is -2.50. The largest absolute Gasteiger partial charge is 0.480 e. The van der Waals surface area contributed by atoms with Crippen molar-refractivity contribution in [2.24, 2.45) is 0 Å². The summed E-state index contributed by atoms with van der Waals surface area (Å²) in [6.07, 6.45) is 5.30. The summed E-state index contributed by atoms with van der Waals surface area (Å²) in [5.74, 6) is 1.27. The van der Waals surface area contributed by atoms with Gasteiger partial charge in [0.15, 0.2) is 0 Å². The van der Waals surface area contributed by atoms with E-state index in [1.807, 2.05) is 0 Å². The average Bonchev–Trinajstić information content (AvgIpc) is 2.35. The van der Waals surface area contributed by atoms with Gasteiger partial charge in [-0.05, 0) is 32.0 Å². The molecule has 1 rings (SSSR count). The fourth-order valence-corrected chi connectivity index (χ4v) is 1.62. The summed E-state index contributed by atoms with van der Waals surface area (Å²) in [5, 5.41) is 11.9. The first kappa shape index (κ1) is 15.9. The minimum Gasteiger partial charge on any atom is -0.480 e. The number of aliphatic carboxylic acids is 1. The molecule has 0 aliphatic rings. The molecule has 0 heterocycles. The van der Waals surface area contributed by atoms with E-state index in [2.05, 4.69) is 11.2 Å². The van der Waals surface area contributed by atoms with Crippen LogP contribution in [0.2, 0.25) is 5.02 Å². The van der Waals surface area contributed by atoms with Crippen molar-refractivity contribution in [2.75, 3.05) is 11.4 Å². The predicted octanol–water partition coefficient (Wildman–Crippen LogP) is 2.35. The van der Waals surface area contributed by atoms with Crippen LogP contribution in [-0.4, -0.2) is 29.2 Å². The second-order valence-corrected chi connectivity index (χ2v) is 5.10. The SMILES string of the molecule is C#CC(C)(C)NC(=O)N(CC(=O)O)c1cccc(Cl)c1. The van der Waals surface area contributed by atoms with Crippen LogP contribution in [0.1, 0.15) is 13.8 Å². The van der Waals surface area contributed by atoms with E-state index in [9.17, 15) is 9.59 Å². The molecule has 20 heavy (non-hydrogen) atoms. The van der Waals surface area contributed by atoms with Crippen LogP contribution >= 0.6 is 11.6 Å². The Balaban J connectivity index is 3.04. The molecule has 0 bridgehead atoms. The monoisotopic (exact) mass is 294 g/mol. The number of urea groups is 1. The highest BCUT2D eigenvalue weighted by Crippen LogP contribution is 2.20. The Morgan fingerprint density at radius 1 is 1.50 bits per heavy atom. The van der Waals surface area contributed by atoms with E-state index in [1.165, 1.54) is 6.07 Å². The van der Waals surface area contributed by atoms with Crippen molar-refractivity contribution in [2.45, 2.75) is 19.4 Å². The Kier molecular flexibility index (Phi) is 5.00. The van der Waals surface area contributed by atoms with Crippen molar-refractivity contribution in [3.05, 3.63) is 29.3 Å². The van der Waals surface area contributed by atoms with Crippen LogP contribution in [0, 0.1) is 12.3 Å². The molecular formula is C14H15ClN2O3. The first-order chi connectivity index (χ1) is 9.25. The fraction of sp³-hybridized carbons (Fsp3) is 0.286. The predicted molar refractivity (Wildman–Crippen MR) is 77.9 cm³/mol. The van der Waals surface area contributed by atoms with E-state index in [0.29, 0.717) is 10.7 Å². The molecule has 0 atom stereocenters. The van der Waals surface area contributed by atoms with Gasteiger partial charge in [-0.3, -0.25) is 9.69 Å². The van der Waals surface area contributed by atoms with Crippen molar-refractivity contribution in [1.29, 1.82) is 0 Å². The zero-order chi connectivity index (χ0) is 15.3. The maximum atomic E-state index is 12.2. The van der Waals surface area contributed by atoms with E-state index >= 15 is 0 Å². The van der Waals surface area contributed by atoms with Gasteiger partial charge in [-0.25, -0.2) is 4.79 Å². The summed E-state index contributed by atoms with van der Waals surface area (Å²) in [6, 6.07) is 5.77. The van der Waals surface area contributed by atoms with Gasteiger partial charge in [-0.1, -0.05) is 23.6 Å². The van der Waals surface area contributed by atoms with Gasteiger partial charge in [0.25, 0.3) is 0 Å². The quantitative estimate of drug-likeness (QED) is 0.838.